The minimum absolute atomic E-state index is 0.00285. The van der Waals surface area contributed by atoms with Crippen LogP contribution in [0.25, 0.3) is 0 Å². The summed E-state index contributed by atoms with van der Waals surface area (Å²) in [5.41, 5.74) is 2.87. The molecule has 1 aromatic carbocycles. The van der Waals surface area contributed by atoms with E-state index in [0.717, 1.165) is 75.1 Å². The number of likely N-dealkylation sites (tertiary alicyclic amines) is 1. The van der Waals surface area contributed by atoms with E-state index in [1.165, 1.54) is 6.07 Å². The largest absolute Gasteiger partial charge is 0.417 e. The predicted molar refractivity (Wildman–Crippen MR) is 134 cm³/mol. The van der Waals surface area contributed by atoms with Gasteiger partial charge in [0.2, 0.25) is 5.91 Å². The van der Waals surface area contributed by atoms with Gasteiger partial charge in [-0.25, -0.2) is 0 Å². The number of anilines is 1. The molecule has 2 aliphatic rings. The van der Waals surface area contributed by atoms with Crippen LogP contribution in [0.5, 0.6) is 0 Å². The van der Waals surface area contributed by atoms with Crippen molar-refractivity contribution < 1.29 is 22.8 Å². The molecule has 36 heavy (non-hydrogen) atoms. The van der Waals surface area contributed by atoms with Gasteiger partial charge in [-0.05, 0) is 83.0 Å². The average Bonchev–Trinajstić information content (AvgIpc) is 3.34. The third-order valence-electron chi connectivity index (χ3n) is 7.03. The van der Waals surface area contributed by atoms with E-state index in [1.54, 1.807) is 24.8 Å². The van der Waals surface area contributed by atoms with Crippen LogP contribution in [0.1, 0.15) is 69.9 Å². The van der Waals surface area contributed by atoms with Gasteiger partial charge in [-0.3, -0.25) is 19.4 Å². The fourth-order valence-corrected chi connectivity index (χ4v) is 5.48. The number of unbranched alkanes of at least 4 members (excludes halogenated alkanes) is 4. The van der Waals surface area contributed by atoms with Gasteiger partial charge in [-0.1, -0.05) is 19.3 Å². The lowest BCUT2D eigenvalue weighted by atomic mass is 10.0. The van der Waals surface area contributed by atoms with Gasteiger partial charge in [-0.15, -0.1) is 0 Å². The van der Waals surface area contributed by atoms with Crippen molar-refractivity contribution in [3.05, 3.63) is 29.3 Å². The van der Waals surface area contributed by atoms with Crippen LogP contribution in [0.2, 0.25) is 0 Å². The fourth-order valence-electron chi connectivity index (χ4n) is 4.97. The van der Waals surface area contributed by atoms with E-state index in [-0.39, 0.29) is 22.7 Å². The molecule has 196 valence electrons. The van der Waals surface area contributed by atoms with E-state index in [1.807, 2.05) is 0 Å². The van der Waals surface area contributed by atoms with Gasteiger partial charge in [0.05, 0.1) is 28.9 Å². The highest BCUT2D eigenvalue weighted by Gasteiger charge is 2.49. The van der Waals surface area contributed by atoms with E-state index in [0.29, 0.717) is 6.54 Å². The maximum Gasteiger partial charge on any atom is 0.417 e. The second kappa shape index (κ2) is 11.1. The number of carbonyl (C=O) groups is 2. The summed E-state index contributed by atoms with van der Waals surface area (Å²) < 4.78 is 40.3. The van der Waals surface area contributed by atoms with Crippen LogP contribution in [-0.4, -0.2) is 57.9 Å². The topological polar surface area (TPSA) is 93.7 Å². The molecule has 11 heteroatoms. The van der Waals surface area contributed by atoms with Gasteiger partial charge >= 0.3 is 6.18 Å². The molecule has 0 unspecified atom stereocenters. The number of hydrogen-bond donors (Lipinski definition) is 1. The standard InChI is InChI=1S/C25H32F3N5O2S/c1-24(2)22(35)33(18-11-10-17(16-29)19(15-18)25(26,27)28)23(36)32(24)14-7-5-3-4-6-12-31-13-8-9-20(31)21(30)34/h10-11,15,20H,3-9,12-14H2,1-2H3,(H2,30,34)/t20-/m0/s1. The van der Waals surface area contributed by atoms with Gasteiger partial charge in [0.1, 0.15) is 5.54 Å². The molecule has 7 nitrogen and oxygen atoms in total. The number of benzene rings is 1. The zero-order valence-electron chi connectivity index (χ0n) is 20.6. The van der Waals surface area contributed by atoms with Crippen LogP contribution in [0.3, 0.4) is 0 Å². The highest BCUT2D eigenvalue weighted by Crippen LogP contribution is 2.38. The second-order valence-electron chi connectivity index (χ2n) is 9.84. The van der Waals surface area contributed by atoms with E-state index < -0.39 is 28.7 Å². The number of halogens is 3. The molecule has 0 radical (unpaired) electrons. The number of hydrogen-bond acceptors (Lipinski definition) is 5. The summed E-state index contributed by atoms with van der Waals surface area (Å²) in [6, 6.07) is 4.60. The van der Waals surface area contributed by atoms with Crippen LogP contribution >= 0.6 is 12.2 Å². The molecule has 3 rings (SSSR count). The molecule has 0 aromatic heterocycles. The molecule has 0 bridgehead atoms. The van der Waals surface area contributed by atoms with Gasteiger partial charge in [0, 0.05) is 6.54 Å². The van der Waals surface area contributed by atoms with Crippen molar-refractivity contribution in [1.82, 2.24) is 9.80 Å². The van der Waals surface area contributed by atoms with Gasteiger partial charge in [0.25, 0.3) is 5.91 Å². The minimum Gasteiger partial charge on any atom is -0.368 e. The summed E-state index contributed by atoms with van der Waals surface area (Å²) in [6.45, 7) is 5.68. The number of primary amides is 1. The molecule has 0 aliphatic carbocycles. The fraction of sp³-hybridized carbons (Fsp3) is 0.600. The van der Waals surface area contributed by atoms with E-state index in [4.69, 9.17) is 23.2 Å². The predicted octanol–water partition coefficient (Wildman–Crippen LogP) is 4.19. The lowest BCUT2D eigenvalue weighted by molar-refractivity contribution is -0.137. The zero-order valence-corrected chi connectivity index (χ0v) is 21.4. The number of rotatable bonds is 10. The minimum atomic E-state index is -4.73. The average molecular weight is 524 g/mol. The van der Waals surface area contributed by atoms with Gasteiger partial charge < -0.3 is 10.6 Å². The SMILES string of the molecule is CC1(C)C(=O)N(c2ccc(C#N)c(C(F)(F)F)c2)C(=S)N1CCCCCCCN1CCC[C@H]1C(N)=O. The number of alkyl halides is 3. The zero-order chi connectivity index (χ0) is 26.7. The van der Waals surface area contributed by atoms with Crippen LogP contribution in [0, 0.1) is 11.3 Å². The smallest absolute Gasteiger partial charge is 0.368 e. The van der Waals surface area contributed by atoms with Crippen molar-refractivity contribution in [3.63, 3.8) is 0 Å². The number of nitriles is 1. The first-order chi connectivity index (χ1) is 16.9. The monoisotopic (exact) mass is 523 g/mol. The molecule has 2 heterocycles. The number of nitrogens with two attached hydrogens (primary N) is 1. The number of amides is 2. The summed E-state index contributed by atoms with van der Waals surface area (Å²) in [7, 11) is 0. The van der Waals surface area contributed by atoms with Gasteiger partial charge in [-0.2, -0.15) is 18.4 Å². The van der Waals surface area contributed by atoms with Crippen LogP contribution in [-0.2, 0) is 15.8 Å². The Balaban J connectivity index is 1.55. The Labute approximate surface area is 215 Å². The first kappa shape index (κ1) is 27.9. The normalized spacial score (nSPS) is 20.3. The molecule has 1 aromatic rings. The molecule has 0 saturated carbocycles. The third kappa shape index (κ3) is 5.81. The molecule has 2 aliphatic heterocycles. The van der Waals surface area contributed by atoms with Crippen molar-refractivity contribution in [2.45, 2.75) is 76.6 Å². The molecule has 2 amide bonds. The van der Waals surface area contributed by atoms with Gasteiger partial charge in [0.15, 0.2) is 5.11 Å². The Morgan fingerprint density at radius 1 is 1.19 bits per heavy atom. The third-order valence-corrected chi connectivity index (χ3v) is 7.43. The van der Waals surface area contributed by atoms with Crippen molar-refractivity contribution in [2.24, 2.45) is 5.73 Å². The Morgan fingerprint density at radius 3 is 2.44 bits per heavy atom. The molecule has 0 spiro atoms. The first-order valence-electron chi connectivity index (χ1n) is 12.2. The van der Waals surface area contributed by atoms with Crippen LogP contribution < -0.4 is 10.6 Å². The Morgan fingerprint density at radius 2 is 1.83 bits per heavy atom. The highest BCUT2D eigenvalue weighted by atomic mass is 32.1. The summed E-state index contributed by atoms with van der Waals surface area (Å²) in [6.07, 6.45) is 1.76. The maximum atomic E-state index is 13.4. The van der Waals surface area contributed by atoms with Crippen molar-refractivity contribution in [2.75, 3.05) is 24.5 Å². The summed E-state index contributed by atoms with van der Waals surface area (Å²) in [5, 5.41) is 9.21. The molecular formula is C25H32F3N5O2S. The maximum absolute atomic E-state index is 13.4. The molecular weight excluding hydrogens is 491 g/mol. The van der Waals surface area contributed by atoms with Crippen molar-refractivity contribution in [3.8, 4) is 6.07 Å². The van der Waals surface area contributed by atoms with Crippen LogP contribution in [0.15, 0.2) is 18.2 Å². The van der Waals surface area contributed by atoms with Crippen molar-refractivity contribution >= 4 is 34.8 Å². The van der Waals surface area contributed by atoms with Crippen molar-refractivity contribution in [1.29, 1.82) is 5.26 Å². The first-order valence-corrected chi connectivity index (χ1v) is 12.6. The molecule has 2 N–H and O–H groups in total. The molecule has 2 fully saturated rings. The Kier molecular flexibility index (Phi) is 8.62. The van der Waals surface area contributed by atoms with E-state index in [2.05, 4.69) is 4.90 Å². The Bertz CT molecular complexity index is 1050. The molecule has 2 saturated heterocycles. The number of thiocarbonyl (C=S) groups is 1. The second-order valence-corrected chi connectivity index (χ2v) is 10.2. The number of nitrogens with zero attached hydrogens (tertiary/aromatic N) is 4. The highest BCUT2D eigenvalue weighted by molar-refractivity contribution is 7.80. The van der Waals surface area contributed by atoms with Crippen LogP contribution in [0.4, 0.5) is 18.9 Å². The van der Waals surface area contributed by atoms with E-state index >= 15 is 0 Å². The van der Waals surface area contributed by atoms with E-state index in [9.17, 15) is 22.8 Å². The number of carbonyl (C=O) groups excluding carboxylic acids is 2. The summed E-state index contributed by atoms with van der Waals surface area (Å²) in [5.74, 6) is -0.657. The molecule has 1 atom stereocenters. The lowest BCUT2D eigenvalue weighted by Gasteiger charge is -2.29. The summed E-state index contributed by atoms with van der Waals surface area (Å²) >= 11 is 5.52. The quantitative estimate of drug-likeness (QED) is 0.365. The Hall–Kier alpha value is -2.71. The lowest BCUT2D eigenvalue weighted by Crippen LogP contribution is -2.44. The summed E-state index contributed by atoms with van der Waals surface area (Å²) in [4.78, 5) is 29.7.